The topological polar surface area (TPSA) is 50.1 Å². The number of aryl methyl sites for hydroxylation is 1. The van der Waals surface area contributed by atoms with Crippen LogP contribution in [-0.4, -0.2) is 21.5 Å². The Labute approximate surface area is 114 Å². The third-order valence-corrected chi connectivity index (χ3v) is 3.04. The van der Waals surface area contributed by atoms with Crippen molar-refractivity contribution in [3.63, 3.8) is 0 Å². The van der Waals surface area contributed by atoms with Gasteiger partial charge in [-0.3, -0.25) is 4.68 Å². The zero-order valence-electron chi connectivity index (χ0n) is 11.3. The number of hydrogen-bond donors (Lipinski definition) is 2. The maximum Gasteiger partial charge on any atom is 0.0640 e. The summed E-state index contributed by atoms with van der Waals surface area (Å²) in [6.45, 7) is 3.61. The lowest BCUT2D eigenvalue weighted by atomic mass is 10.1. The molecular formula is C15H21N3O. The minimum absolute atomic E-state index is 0.119. The molecule has 0 atom stereocenters. The molecule has 0 aliphatic heterocycles. The van der Waals surface area contributed by atoms with E-state index in [-0.39, 0.29) is 6.61 Å². The minimum Gasteiger partial charge on any atom is -0.394 e. The summed E-state index contributed by atoms with van der Waals surface area (Å²) < 4.78 is 1.76. The Morgan fingerprint density at radius 3 is 2.95 bits per heavy atom. The van der Waals surface area contributed by atoms with Crippen LogP contribution < -0.4 is 5.32 Å². The fourth-order valence-corrected chi connectivity index (χ4v) is 2.10. The second-order valence-electron chi connectivity index (χ2n) is 4.60. The van der Waals surface area contributed by atoms with Gasteiger partial charge in [0, 0.05) is 24.0 Å². The van der Waals surface area contributed by atoms with Crippen LogP contribution in [0.15, 0.2) is 36.7 Å². The maximum absolute atomic E-state index is 8.86. The molecule has 2 rings (SSSR count). The van der Waals surface area contributed by atoms with Crippen molar-refractivity contribution in [1.29, 1.82) is 0 Å². The molecule has 0 amide bonds. The van der Waals surface area contributed by atoms with Crippen LogP contribution in [0.4, 0.5) is 5.69 Å². The van der Waals surface area contributed by atoms with E-state index in [2.05, 4.69) is 41.6 Å². The molecule has 102 valence electrons. The second kappa shape index (κ2) is 6.95. The van der Waals surface area contributed by atoms with Gasteiger partial charge in [0.1, 0.15) is 0 Å². The standard InChI is InChI=1S/C15H21N3O/c1-2-5-14-6-3-4-7-15(14)16-10-13-11-17-18(12-13)8-9-19/h3-4,6-7,11-12,16,19H,2,5,8-10H2,1H3. The molecule has 0 spiro atoms. The quantitative estimate of drug-likeness (QED) is 0.803. The first kappa shape index (κ1) is 13.6. The zero-order valence-corrected chi connectivity index (χ0v) is 11.3. The van der Waals surface area contributed by atoms with Crippen LogP contribution in [0.25, 0.3) is 0 Å². The molecule has 0 aliphatic carbocycles. The van der Waals surface area contributed by atoms with Crippen LogP contribution in [-0.2, 0) is 19.5 Å². The van der Waals surface area contributed by atoms with E-state index < -0.39 is 0 Å². The predicted octanol–water partition coefficient (Wildman–Crippen LogP) is 2.44. The number of hydrogen-bond acceptors (Lipinski definition) is 3. The van der Waals surface area contributed by atoms with Crippen LogP contribution >= 0.6 is 0 Å². The Kier molecular flexibility index (Phi) is 4.98. The van der Waals surface area contributed by atoms with E-state index in [9.17, 15) is 0 Å². The highest BCUT2D eigenvalue weighted by atomic mass is 16.3. The number of anilines is 1. The molecule has 0 aliphatic rings. The van der Waals surface area contributed by atoms with Crippen molar-refractivity contribution in [3.05, 3.63) is 47.8 Å². The largest absolute Gasteiger partial charge is 0.394 e. The number of aromatic nitrogens is 2. The van der Waals surface area contributed by atoms with Gasteiger partial charge in [-0.1, -0.05) is 31.5 Å². The Balaban J connectivity index is 1.97. The smallest absolute Gasteiger partial charge is 0.0640 e. The molecule has 19 heavy (non-hydrogen) atoms. The van der Waals surface area contributed by atoms with Gasteiger partial charge >= 0.3 is 0 Å². The number of nitrogens with one attached hydrogen (secondary N) is 1. The van der Waals surface area contributed by atoms with Crippen molar-refractivity contribution >= 4 is 5.69 Å². The summed E-state index contributed by atoms with van der Waals surface area (Å²) >= 11 is 0. The monoisotopic (exact) mass is 259 g/mol. The third-order valence-electron chi connectivity index (χ3n) is 3.04. The van der Waals surface area contributed by atoms with Crippen molar-refractivity contribution in [3.8, 4) is 0 Å². The summed E-state index contributed by atoms with van der Waals surface area (Å²) in [6, 6.07) is 8.41. The number of nitrogens with zero attached hydrogens (tertiary/aromatic N) is 2. The summed E-state index contributed by atoms with van der Waals surface area (Å²) in [5.74, 6) is 0. The summed E-state index contributed by atoms with van der Waals surface area (Å²) in [4.78, 5) is 0. The van der Waals surface area contributed by atoms with Crippen molar-refractivity contribution in [2.24, 2.45) is 0 Å². The first-order chi connectivity index (χ1) is 9.33. The highest BCUT2D eigenvalue weighted by molar-refractivity contribution is 5.51. The molecule has 1 heterocycles. The lowest BCUT2D eigenvalue weighted by Gasteiger charge is -2.10. The molecule has 1 aromatic heterocycles. The molecule has 0 fully saturated rings. The van der Waals surface area contributed by atoms with E-state index in [1.165, 1.54) is 11.3 Å². The molecule has 0 unspecified atom stereocenters. The van der Waals surface area contributed by atoms with E-state index in [0.717, 1.165) is 24.9 Å². The second-order valence-corrected chi connectivity index (χ2v) is 4.60. The van der Waals surface area contributed by atoms with Crippen LogP contribution in [0, 0.1) is 0 Å². The summed E-state index contributed by atoms with van der Waals surface area (Å²) in [6.07, 6.45) is 6.04. The highest BCUT2D eigenvalue weighted by Gasteiger charge is 2.02. The van der Waals surface area contributed by atoms with Gasteiger partial charge in [0.15, 0.2) is 0 Å². The van der Waals surface area contributed by atoms with E-state index in [0.29, 0.717) is 6.54 Å². The molecule has 0 saturated heterocycles. The van der Waals surface area contributed by atoms with E-state index in [4.69, 9.17) is 5.11 Å². The molecule has 2 aromatic rings. The summed E-state index contributed by atoms with van der Waals surface area (Å²) in [5, 5.41) is 16.5. The van der Waals surface area contributed by atoms with Crippen molar-refractivity contribution in [2.75, 3.05) is 11.9 Å². The molecule has 4 nitrogen and oxygen atoms in total. The average Bonchev–Trinajstić information content (AvgIpc) is 2.86. The molecule has 2 N–H and O–H groups in total. The van der Waals surface area contributed by atoms with Gasteiger partial charge in [0.2, 0.25) is 0 Å². The van der Waals surface area contributed by atoms with Crippen molar-refractivity contribution in [2.45, 2.75) is 32.9 Å². The van der Waals surface area contributed by atoms with E-state index in [1.54, 1.807) is 4.68 Å². The molecule has 0 bridgehead atoms. The average molecular weight is 259 g/mol. The van der Waals surface area contributed by atoms with Gasteiger partial charge in [-0.15, -0.1) is 0 Å². The molecule has 4 heteroatoms. The molecular weight excluding hydrogens is 238 g/mol. The molecule has 0 saturated carbocycles. The summed E-state index contributed by atoms with van der Waals surface area (Å²) in [7, 11) is 0. The highest BCUT2D eigenvalue weighted by Crippen LogP contribution is 2.17. The van der Waals surface area contributed by atoms with Gasteiger partial charge in [-0.05, 0) is 18.1 Å². The maximum atomic E-state index is 8.86. The summed E-state index contributed by atoms with van der Waals surface area (Å²) in [5.41, 5.74) is 3.67. The van der Waals surface area contributed by atoms with Gasteiger partial charge in [-0.25, -0.2) is 0 Å². The van der Waals surface area contributed by atoms with Crippen molar-refractivity contribution < 1.29 is 5.11 Å². The van der Waals surface area contributed by atoms with Gasteiger partial charge < -0.3 is 10.4 Å². The van der Waals surface area contributed by atoms with Crippen LogP contribution in [0.2, 0.25) is 0 Å². The normalized spacial score (nSPS) is 10.6. The van der Waals surface area contributed by atoms with E-state index in [1.807, 2.05) is 12.4 Å². The predicted molar refractivity (Wildman–Crippen MR) is 77.1 cm³/mol. The SMILES string of the molecule is CCCc1ccccc1NCc1cnn(CCO)c1. The van der Waals surface area contributed by atoms with Crippen molar-refractivity contribution in [1.82, 2.24) is 9.78 Å². The van der Waals surface area contributed by atoms with Gasteiger partial charge in [0.05, 0.1) is 19.3 Å². The lowest BCUT2D eigenvalue weighted by Crippen LogP contribution is -2.03. The van der Waals surface area contributed by atoms with Crippen LogP contribution in [0.5, 0.6) is 0 Å². The number of rotatable bonds is 7. The lowest BCUT2D eigenvalue weighted by molar-refractivity contribution is 0.269. The Bertz CT molecular complexity index is 508. The molecule has 1 aromatic carbocycles. The Morgan fingerprint density at radius 2 is 2.16 bits per heavy atom. The van der Waals surface area contributed by atoms with Crippen LogP contribution in [0.3, 0.4) is 0 Å². The minimum atomic E-state index is 0.119. The van der Waals surface area contributed by atoms with Gasteiger partial charge in [-0.2, -0.15) is 5.10 Å². The number of aliphatic hydroxyl groups excluding tert-OH is 1. The van der Waals surface area contributed by atoms with Gasteiger partial charge in [0.25, 0.3) is 0 Å². The van der Waals surface area contributed by atoms with Crippen LogP contribution in [0.1, 0.15) is 24.5 Å². The number of para-hydroxylation sites is 1. The fraction of sp³-hybridized carbons (Fsp3) is 0.400. The molecule has 0 radical (unpaired) electrons. The third kappa shape index (κ3) is 3.83. The Morgan fingerprint density at radius 1 is 1.32 bits per heavy atom. The Hall–Kier alpha value is -1.81. The zero-order chi connectivity index (χ0) is 13.5. The number of aliphatic hydroxyl groups is 1. The first-order valence-corrected chi connectivity index (χ1v) is 6.77. The number of benzene rings is 1. The first-order valence-electron chi connectivity index (χ1n) is 6.77. The fourth-order valence-electron chi connectivity index (χ4n) is 2.10. The van der Waals surface area contributed by atoms with E-state index >= 15 is 0 Å².